The molecule has 0 radical (unpaired) electrons. The second-order valence-electron chi connectivity index (χ2n) is 6.72. The third-order valence-corrected chi connectivity index (χ3v) is 4.58. The molecule has 5 nitrogen and oxygen atoms in total. The molecule has 0 spiro atoms. The first-order valence-corrected chi connectivity index (χ1v) is 9.06. The largest absolute Gasteiger partial charge is 0.460 e. The van der Waals surface area contributed by atoms with E-state index in [0.717, 1.165) is 12.1 Å². The molecule has 1 N–H and O–H groups in total. The van der Waals surface area contributed by atoms with Gasteiger partial charge in [0, 0.05) is 12.8 Å². The topological polar surface area (TPSA) is 71.3 Å². The number of dihydropyridines is 1. The van der Waals surface area contributed by atoms with E-state index in [1.165, 1.54) is 13.2 Å². The van der Waals surface area contributed by atoms with Crippen molar-refractivity contribution in [3.8, 4) is 6.07 Å². The molecule has 1 aromatic rings. The summed E-state index contributed by atoms with van der Waals surface area (Å²) in [6, 6.07) is 5.32. The summed E-state index contributed by atoms with van der Waals surface area (Å²) >= 11 is 5.73. The maximum absolute atomic E-state index is 13.4. The molecule has 1 atom stereocenters. The number of carbonyl (C=O) groups is 1. The number of methoxy groups -OCH3 is 1. The molecular weight excluding hydrogens is 409 g/mol. The van der Waals surface area contributed by atoms with Crippen LogP contribution in [0.3, 0.4) is 0 Å². The molecule has 0 amide bonds. The summed E-state index contributed by atoms with van der Waals surface area (Å²) in [5.74, 6) is -1.80. The lowest BCUT2D eigenvalue weighted by atomic mass is 9.80. The second-order valence-corrected chi connectivity index (χ2v) is 7.13. The lowest BCUT2D eigenvalue weighted by Gasteiger charge is -2.30. The van der Waals surface area contributed by atoms with E-state index < -0.39 is 34.8 Å². The smallest absolute Gasteiger partial charge is 0.417 e. The molecule has 0 bridgehead atoms. The molecule has 0 aliphatic carbocycles. The highest BCUT2D eigenvalue weighted by molar-refractivity contribution is 6.31. The van der Waals surface area contributed by atoms with Gasteiger partial charge >= 0.3 is 12.1 Å². The van der Waals surface area contributed by atoms with Crippen LogP contribution in [0, 0.1) is 11.3 Å². The highest BCUT2D eigenvalue weighted by Crippen LogP contribution is 2.42. The Hall–Kier alpha value is -2.50. The third kappa shape index (κ3) is 4.92. The van der Waals surface area contributed by atoms with Crippen LogP contribution in [-0.4, -0.2) is 25.8 Å². The van der Waals surface area contributed by atoms with Crippen LogP contribution in [0.4, 0.5) is 13.2 Å². The van der Waals surface area contributed by atoms with Crippen molar-refractivity contribution < 1.29 is 27.4 Å². The summed E-state index contributed by atoms with van der Waals surface area (Å²) in [5, 5.41) is 12.1. The number of nitrogens with one attached hydrogen (secondary N) is 1. The van der Waals surface area contributed by atoms with Crippen LogP contribution in [-0.2, 0) is 20.4 Å². The molecule has 0 fully saturated rings. The highest BCUT2D eigenvalue weighted by atomic mass is 35.5. The Morgan fingerprint density at radius 2 is 2.03 bits per heavy atom. The van der Waals surface area contributed by atoms with Crippen LogP contribution >= 0.6 is 11.6 Å². The number of esters is 1. The standard InChI is InChI=1S/C20H20ClF3N2O3/c1-10(2)29-19(27)18-16(9-28-4)26-11(3)13(8-25)17(18)12-5-6-15(21)14(7-12)20(22,23)24/h5-7,10,17,26H,9H2,1-4H3. The van der Waals surface area contributed by atoms with Gasteiger partial charge in [-0.15, -0.1) is 0 Å². The van der Waals surface area contributed by atoms with Crippen LogP contribution in [0.1, 0.15) is 37.8 Å². The number of hydrogen-bond donors (Lipinski definition) is 1. The Balaban J connectivity index is 2.75. The number of carbonyl (C=O) groups excluding carboxylic acids is 1. The van der Waals surface area contributed by atoms with Gasteiger partial charge in [-0.1, -0.05) is 17.7 Å². The molecule has 9 heteroatoms. The van der Waals surface area contributed by atoms with E-state index in [9.17, 15) is 23.2 Å². The lowest BCUT2D eigenvalue weighted by molar-refractivity contribution is -0.143. The fourth-order valence-corrected chi connectivity index (χ4v) is 3.32. The molecule has 0 saturated heterocycles. The zero-order valence-corrected chi connectivity index (χ0v) is 17.0. The normalized spacial score (nSPS) is 17.3. The summed E-state index contributed by atoms with van der Waals surface area (Å²) in [6.45, 7) is 4.88. The van der Waals surface area contributed by atoms with Gasteiger partial charge in [-0.05, 0) is 38.5 Å². The number of rotatable bonds is 5. The molecule has 29 heavy (non-hydrogen) atoms. The van der Waals surface area contributed by atoms with Gasteiger partial charge in [-0.25, -0.2) is 4.79 Å². The summed E-state index contributed by atoms with van der Waals surface area (Å²) in [7, 11) is 1.41. The Morgan fingerprint density at radius 3 is 2.55 bits per heavy atom. The minimum Gasteiger partial charge on any atom is -0.460 e. The number of halogens is 4. The van der Waals surface area contributed by atoms with Gasteiger partial charge in [-0.3, -0.25) is 0 Å². The van der Waals surface area contributed by atoms with Crippen molar-refractivity contribution in [3.05, 3.63) is 56.9 Å². The summed E-state index contributed by atoms with van der Waals surface area (Å²) in [6.07, 6.45) is -5.16. The van der Waals surface area contributed by atoms with Gasteiger partial charge in [0.2, 0.25) is 0 Å². The first-order valence-electron chi connectivity index (χ1n) is 8.68. The highest BCUT2D eigenvalue weighted by Gasteiger charge is 2.38. The number of nitriles is 1. The molecule has 156 valence electrons. The van der Waals surface area contributed by atoms with Gasteiger partial charge in [0.05, 0.1) is 52.1 Å². The van der Waals surface area contributed by atoms with Crippen LogP contribution < -0.4 is 5.32 Å². The zero-order chi connectivity index (χ0) is 21.9. The van der Waals surface area contributed by atoms with E-state index in [1.54, 1.807) is 20.8 Å². The monoisotopic (exact) mass is 428 g/mol. The van der Waals surface area contributed by atoms with Crippen molar-refractivity contribution >= 4 is 17.6 Å². The second kappa shape index (κ2) is 8.89. The van der Waals surface area contributed by atoms with Gasteiger partial charge in [-0.2, -0.15) is 18.4 Å². The van der Waals surface area contributed by atoms with Gasteiger partial charge in [0.15, 0.2) is 0 Å². The number of hydrogen-bond acceptors (Lipinski definition) is 5. The number of nitrogens with zero attached hydrogens (tertiary/aromatic N) is 1. The summed E-state index contributed by atoms with van der Waals surface area (Å²) in [4.78, 5) is 12.8. The predicted molar refractivity (Wildman–Crippen MR) is 101 cm³/mol. The minimum atomic E-state index is -4.69. The van der Waals surface area contributed by atoms with E-state index in [-0.39, 0.29) is 23.3 Å². The quantitative estimate of drug-likeness (QED) is 0.688. The molecule has 2 rings (SSSR count). The number of ether oxygens (including phenoxy) is 2. The fourth-order valence-electron chi connectivity index (χ4n) is 3.09. The lowest BCUT2D eigenvalue weighted by Crippen LogP contribution is -2.32. The van der Waals surface area contributed by atoms with Gasteiger partial charge in [0.25, 0.3) is 0 Å². The van der Waals surface area contributed by atoms with E-state index in [4.69, 9.17) is 21.1 Å². The molecule has 1 heterocycles. The number of allylic oxidation sites excluding steroid dienone is 2. The molecule has 1 aliphatic heterocycles. The SMILES string of the molecule is COCC1=C(C(=O)OC(C)C)C(c2ccc(Cl)c(C(F)(F)F)c2)C(C#N)=C(C)N1. The number of benzene rings is 1. The van der Waals surface area contributed by atoms with Gasteiger partial charge < -0.3 is 14.8 Å². The predicted octanol–water partition coefficient (Wildman–Crippen LogP) is 4.70. The van der Waals surface area contributed by atoms with E-state index >= 15 is 0 Å². The first kappa shape index (κ1) is 22.8. The zero-order valence-electron chi connectivity index (χ0n) is 16.3. The van der Waals surface area contributed by atoms with Crippen molar-refractivity contribution in [1.82, 2.24) is 5.32 Å². The maximum Gasteiger partial charge on any atom is 0.417 e. The molecule has 1 aliphatic rings. The average molecular weight is 429 g/mol. The molecular formula is C20H20ClF3N2O3. The number of alkyl halides is 3. The molecule has 1 unspecified atom stereocenters. The van der Waals surface area contributed by atoms with Crippen LogP contribution in [0.25, 0.3) is 0 Å². The van der Waals surface area contributed by atoms with E-state index in [1.807, 2.05) is 6.07 Å². The summed E-state index contributed by atoms with van der Waals surface area (Å²) in [5.41, 5.74) is -0.0788. The molecule has 0 aromatic heterocycles. The van der Waals surface area contributed by atoms with E-state index in [2.05, 4.69) is 5.32 Å². The van der Waals surface area contributed by atoms with Crippen LogP contribution in [0.5, 0.6) is 0 Å². The van der Waals surface area contributed by atoms with Crippen molar-refractivity contribution in [2.45, 2.75) is 39.0 Å². The van der Waals surface area contributed by atoms with Crippen molar-refractivity contribution in [2.75, 3.05) is 13.7 Å². The van der Waals surface area contributed by atoms with Crippen LogP contribution in [0.15, 0.2) is 40.7 Å². The van der Waals surface area contributed by atoms with E-state index in [0.29, 0.717) is 11.4 Å². The molecule has 1 aromatic carbocycles. The maximum atomic E-state index is 13.4. The Labute approximate surface area is 171 Å². The Kier molecular flexibility index (Phi) is 6.98. The van der Waals surface area contributed by atoms with Crippen molar-refractivity contribution in [3.63, 3.8) is 0 Å². The summed E-state index contributed by atoms with van der Waals surface area (Å²) < 4.78 is 50.6. The minimum absolute atomic E-state index is 0.0191. The Bertz CT molecular complexity index is 915. The Morgan fingerprint density at radius 1 is 1.38 bits per heavy atom. The van der Waals surface area contributed by atoms with Crippen molar-refractivity contribution in [2.24, 2.45) is 0 Å². The van der Waals surface area contributed by atoms with Crippen molar-refractivity contribution in [1.29, 1.82) is 5.26 Å². The van der Waals surface area contributed by atoms with Gasteiger partial charge in [0.1, 0.15) is 0 Å². The fraction of sp³-hybridized carbons (Fsp3) is 0.400. The molecule has 0 saturated carbocycles. The first-order chi connectivity index (χ1) is 13.5. The average Bonchev–Trinajstić information content (AvgIpc) is 2.60. The van der Waals surface area contributed by atoms with Crippen LogP contribution in [0.2, 0.25) is 5.02 Å². The third-order valence-electron chi connectivity index (χ3n) is 4.25.